The fourth-order valence-corrected chi connectivity index (χ4v) is 4.22. The van der Waals surface area contributed by atoms with Crippen LogP contribution < -0.4 is 0 Å². The van der Waals surface area contributed by atoms with Crippen molar-refractivity contribution in [2.24, 2.45) is 0 Å². The highest BCUT2D eigenvalue weighted by Crippen LogP contribution is 2.35. The van der Waals surface area contributed by atoms with Gasteiger partial charge in [0.05, 0.1) is 10.7 Å². The highest BCUT2D eigenvalue weighted by molar-refractivity contribution is 7.11. The zero-order valence-corrected chi connectivity index (χ0v) is 18.1. The molecule has 4 nitrogen and oxygen atoms in total. The number of aliphatic hydroxyl groups is 1. The predicted molar refractivity (Wildman–Crippen MR) is 122 cm³/mol. The highest BCUT2D eigenvalue weighted by atomic mass is 35.5. The van der Waals surface area contributed by atoms with Crippen LogP contribution in [0.1, 0.15) is 10.8 Å². The van der Waals surface area contributed by atoms with Crippen LogP contribution in [0.15, 0.2) is 64.4 Å². The summed E-state index contributed by atoms with van der Waals surface area (Å²) in [4.78, 5) is 4.47. The Morgan fingerprint density at radius 3 is 2.43 bits per heavy atom. The first-order valence-electron chi connectivity index (χ1n) is 8.57. The fraction of sp³-hybridized carbons (Fsp3) is 0. The second kappa shape index (κ2) is 8.55. The van der Waals surface area contributed by atoms with Gasteiger partial charge in [0.25, 0.3) is 0 Å². The smallest absolute Gasteiger partial charge is 0.179 e. The summed E-state index contributed by atoms with van der Waals surface area (Å²) in [6, 6.07) is 17.5. The average molecular weight is 474 g/mol. The minimum Gasteiger partial charge on any atom is -0.503 e. The molecule has 0 aliphatic rings. The van der Waals surface area contributed by atoms with Crippen molar-refractivity contribution in [3.05, 3.63) is 85.8 Å². The number of benzene rings is 2. The quantitative estimate of drug-likeness (QED) is 0.241. The van der Waals surface area contributed by atoms with Gasteiger partial charge in [0, 0.05) is 26.6 Å². The summed E-state index contributed by atoms with van der Waals surface area (Å²) >= 11 is 19.3. The first-order chi connectivity index (χ1) is 14.5. The van der Waals surface area contributed by atoms with E-state index in [1.165, 1.54) is 11.3 Å². The summed E-state index contributed by atoms with van der Waals surface area (Å²) in [5.74, 6) is 0.276. The van der Waals surface area contributed by atoms with Crippen LogP contribution in [0.5, 0.6) is 0 Å². The SMILES string of the molecule is N#CC(=C(O)c1ccc(-c2ccc(Cl)cc2Cl)o1)c1nc(-c2ccc(Cl)cc2)cs1. The summed E-state index contributed by atoms with van der Waals surface area (Å²) in [6.45, 7) is 0. The van der Waals surface area contributed by atoms with E-state index in [0.717, 1.165) is 5.56 Å². The highest BCUT2D eigenvalue weighted by Gasteiger charge is 2.19. The van der Waals surface area contributed by atoms with Crippen LogP contribution >= 0.6 is 46.1 Å². The molecule has 148 valence electrons. The Bertz CT molecular complexity index is 1300. The van der Waals surface area contributed by atoms with Crippen molar-refractivity contribution in [1.29, 1.82) is 5.26 Å². The van der Waals surface area contributed by atoms with E-state index in [4.69, 9.17) is 39.2 Å². The number of hydrogen-bond donors (Lipinski definition) is 1. The monoisotopic (exact) mass is 472 g/mol. The number of thiazole rings is 1. The van der Waals surface area contributed by atoms with Gasteiger partial charge in [-0.25, -0.2) is 4.98 Å². The molecule has 0 atom stereocenters. The normalized spacial score (nSPS) is 11.8. The van der Waals surface area contributed by atoms with Crippen molar-refractivity contribution in [3.8, 4) is 28.7 Å². The lowest BCUT2D eigenvalue weighted by atomic mass is 10.1. The van der Waals surface area contributed by atoms with Crippen LogP contribution in [0.3, 0.4) is 0 Å². The molecule has 0 fully saturated rings. The van der Waals surface area contributed by atoms with E-state index in [2.05, 4.69) is 4.98 Å². The van der Waals surface area contributed by atoms with E-state index in [9.17, 15) is 10.4 Å². The molecule has 4 aromatic rings. The van der Waals surface area contributed by atoms with Gasteiger partial charge in [0.2, 0.25) is 0 Å². The second-order valence-corrected chi connectivity index (χ2v) is 8.31. The molecule has 0 saturated carbocycles. The maximum Gasteiger partial charge on any atom is 0.179 e. The van der Waals surface area contributed by atoms with Gasteiger partial charge in [-0.1, -0.05) is 46.9 Å². The number of hydrogen-bond acceptors (Lipinski definition) is 5. The van der Waals surface area contributed by atoms with Gasteiger partial charge in [-0.05, 0) is 42.5 Å². The molecule has 0 unspecified atom stereocenters. The van der Waals surface area contributed by atoms with Crippen LogP contribution in [0, 0.1) is 11.3 Å². The maximum absolute atomic E-state index is 10.7. The third-order valence-corrected chi connectivity index (χ3v) is 5.90. The van der Waals surface area contributed by atoms with Gasteiger partial charge in [-0.2, -0.15) is 5.26 Å². The largest absolute Gasteiger partial charge is 0.503 e. The van der Waals surface area contributed by atoms with Gasteiger partial charge in [-0.15, -0.1) is 11.3 Å². The molecule has 8 heteroatoms. The Morgan fingerprint density at radius 1 is 1.00 bits per heavy atom. The van der Waals surface area contributed by atoms with E-state index in [-0.39, 0.29) is 17.1 Å². The molecule has 0 amide bonds. The maximum atomic E-state index is 10.7. The Labute approximate surface area is 191 Å². The molecule has 0 bridgehead atoms. The lowest BCUT2D eigenvalue weighted by Crippen LogP contribution is -1.89. The Kier molecular flexibility index (Phi) is 5.85. The third kappa shape index (κ3) is 4.09. The molecule has 2 aromatic carbocycles. The minimum absolute atomic E-state index is 0.0170. The number of rotatable bonds is 4. The van der Waals surface area contributed by atoms with Crippen LogP contribution in [0.25, 0.3) is 33.9 Å². The van der Waals surface area contributed by atoms with Crippen LogP contribution in [0.4, 0.5) is 0 Å². The lowest BCUT2D eigenvalue weighted by Gasteiger charge is -2.02. The average Bonchev–Trinajstić information content (AvgIpc) is 3.39. The van der Waals surface area contributed by atoms with E-state index in [1.807, 2.05) is 23.6 Å². The fourth-order valence-electron chi connectivity index (χ4n) is 2.77. The second-order valence-electron chi connectivity index (χ2n) is 6.17. The van der Waals surface area contributed by atoms with Crippen molar-refractivity contribution in [3.63, 3.8) is 0 Å². The minimum atomic E-state index is -0.300. The van der Waals surface area contributed by atoms with Gasteiger partial charge < -0.3 is 9.52 Å². The van der Waals surface area contributed by atoms with Gasteiger partial charge >= 0.3 is 0 Å². The molecule has 30 heavy (non-hydrogen) atoms. The number of nitriles is 1. The van der Waals surface area contributed by atoms with Crippen molar-refractivity contribution in [1.82, 2.24) is 4.98 Å². The Morgan fingerprint density at radius 2 is 1.73 bits per heavy atom. The van der Waals surface area contributed by atoms with Crippen molar-refractivity contribution in [2.75, 3.05) is 0 Å². The molecule has 0 spiro atoms. The van der Waals surface area contributed by atoms with Crippen molar-refractivity contribution < 1.29 is 9.52 Å². The summed E-state index contributed by atoms with van der Waals surface area (Å²) in [6.07, 6.45) is 0. The molecule has 0 saturated heterocycles. The predicted octanol–water partition coefficient (Wildman–Crippen LogP) is 7.98. The molecule has 0 aliphatic heterocycles. The third-order valence-electron chi connectivity index (χ3n) is 4.24. The number of aromatic nitrogens is 1. The first kappa shape index (κ1) is 20.5. The number of halogens is 3. The Hall–Kier alpha value is -2.75. The molecular weight excluding hydrogens is 463 g/mol. The summed E-state index contributed by atoms with van der Waals surface area (Å²) in [5, 5.41) is 24.0. The zero-order chi connectivity index (χ0) is 21.3. The number of nitrogens with zero attached hydrogens (tertiary/aromatic N) is 2. The first-order valence-corrected chi connectivity index (χ1v) is 10.6. The summed E-state index contributed by atoms with van der Waals surface area (Å²) in [5.41, 5.74) is 2.18. The standard InChI is InChI=1S/C22H11Cl3N2O2S/c23-13-3-1-12(2-4-13)18-11-30-22(27-18)16(10-26)21(28)20-8-7-19(29-20)15-6-5-14(24)9-17(15)25/h1-9,11,28H. The van der Waals surface area contributed by atoms with Gasteiger partial charge in [-0.3, -0.25) is 0 Å². The topological polar surface area (TPSA) is 70.0 Å². The number of furan rings is 1. The Balaban J connectivity index is 1.69. The van der Waals surface area contributed by atoms with Gasteiger partial charge in [0.1, 0.15) is 22.4 Å². The molecule has 4 rings (SSSR count). The molecule has 1 N–H and O–H groups in total. The molecule has 2 heterocycles. The van der Waals surface area contributed by atoms with Crippen molar-refractivity contribution >= 4 is 57.5 Å². The van der Waals surface area contributed by atoms with Crippen molar-refractivity contribution in [2.45, 2.75) is 0 Å². The number of aliphatic hydroxyl groups excluding tert-OH is 1. The van der Waals surface area contributed by atoms with Gasteiger partial charge in [0.15, 0.2) is 11.5 Å². The van der Waals surface area contributed by atoms with Crippen LogP contribution in [0.2, 0.25) is 15.1 Å². The zero-order valence-electron chi connectivity index (χ0n) is 15.1. The molecule has 0 radical (unpaired) electrons. The summed E-state index contributed by atoms with van der Waals surface area (Å²) < 4.78 is 5.74. The molecule has 0 aliphatic carbocycles. The lowest BCUT2D eigenvalue weighted by molar-refractivity contribution is 0.466. The van der Waals surface area contributed by atoms with E-state index in [0.29, 0.717) is 37.1 Å². The molecular formula is C22H11Cl3N2O2S. The number of allylic oxidation sites excluding steroid dienone is 1. The van der Waals surface area contributed by atoms with Crippen LogP contribution in [-0.4, -0.2) is 10.1 Å². The summed E-state index contributed by atoms with van der Waals surface area (Å²) in [7, 11) is 0. The van der Waals surface area contributed by atoms with E-state index >= 15 is 0 Å². The molecule has 2 aromatic heterocycles. The van der Waals surface area contributed by atoms with E-state index in [1.54, 1.807) is 42.5 Å². The van der Waals surface area contributed by atoms with Crippen LogP contribution in [-0.2, 0) is 0 Å². The van der Waals surface area contributed by atoms with E-state index < -0.39 is 0 Å².